The van der Waals surface area contributed by atoms with E-state index < -0.39 is 5.79 Å². The quantitative estimate of drug-likeness (QED) is 0.135. The minimum absolute atomic E-state index is 0.0366. The monoisotopic (exact) mass is 458 g/mol. The molecule has 1 aliphatic rings. The van der Waals surface area contributed by atoms with E-state index in [1.165, 1.54) is 18.9 Å². The highest BCUT2D eigenvalue weighted by molar-refractivity contribution is 5.81. The molecule has 1 aliphatic heterocycles. The van der Waals surface area contributed by atoms with Crippen molar-refractivity contribution in [3.05, 3.63) is 12.2 Å². The molecule has 7 nitrogen and oxygen atoms in total. The molecular weight excluding hydrogens is 412 g/mol. The number of carbonyl (C=O) groups excluding carboxylic acids is 1. The zero-order chi connectivity index (χ0) is 23.8. The van der Waals surface area contributed by atoms with Crippen molar-refractivity contribution in [3.63, 3.8) is 0 Å². The van der Waals surface area contributed by atoms with Gasteiger partial charge in [0.1, 0.15) is 12.9 Å². The molecule has 1 N–H and O–H groups in total. The molecule has 0 bridgehead atoms. The van der Waals surface area contributed by atoms with Crippen LogP contribution in [0.15, 0.2) is 12.2 Å². The summed E-state index contributed by atoms with van der Waals surface area (Å²) in [5.41, 5.74) is 0. The number of hydrogen-bond acceptors (Lipinski definition) is 7. The third kappa shape index (κ3) is 12.9. The van der Waals surface area contributed by atoms with E-state index in [1.807, 2.05) is 13.8 Å². The Morgan fingerprint density at radius 2 is 1.75 bits per heavy atom. The van der Waals surface area contributed by atoms with Gasteiger partial charge >= 0.3 is 5.97 Å². The molecule has 0 unspecified atom stereocenters. The Labute approximate surface area is 194 Å². The van der Waals surface area contributed by atoms with Gasteiger partial charge in [-0.05, 0) is 46.1 Å². The van der Waals surface area contributed by atoms with Crippen molar-refractivity contribution >= 4 is 5.97 Å². The fraction of sp³-hybridized carbons (Fsp3) is 0.880. The molecule has 0 aromatic heterocycles. The maximum absolute atomic E-state index is 11.7. The summed E-state index contributed by atoms with van der Waals surface area (Å²) in [7, 11) is 1.61. The van der Waals surface area contributed by atoms with E-state index in [0.29, 0.717) is 13.0 Å². The van der Waals surface area contributed by atoms with Crippen LogP contribution < -0.4 is 0 Å². The Balaban J connectivity index is 2.50. The molecular formula is C25H46O7. The molecule has 188 valence electrons. The Morgan fingerprint density at radius 1 is 1.06 bits per heavy atom. The van der Waals surface area contributed by atoms with Gasteiger partial charge in [0.15, 0.2) is 5.79 Å². The Bertz CT molecular complexity index is 520. The van der Waals surface area contributed by atoms with Crippen molar-refractivity contribution in [1.29, 1.82) is 0 Å². The van der Waals surface area contributed by atoms with Gasteiger partial charge in [-0.25, -0.2) is 4.79 Å². The molecule has 1 saturated heterocycles. The van der Waals surface area contributed by atoms with Crippen molar-refractivity contribution in [2.24, 2.45) is 0 Å². The number of carbonyl (C=O) groups is 1. The topological polar surface area (TPSA) is 83.5 Å². The first kappa shape index (κ1) is 29.0. The first-order valence-corrected chi connectivity index (χ1v) is 12.3. The summed E-state index contributed by atoms with van der Waals surface area (Å²) in [6, 6.07) is 0. The molecule has 1 fully saturated rings. The lowest BCUT2D eigenvalue weighted by Crippen LogP contribution is -2.29. The normalized spacial score (nSPS) is 22.3. The Morgan fingerprint density at radius 3 is 2.41 bits per heavy atom. The van der Waals surface area contributed by atoms with Crippen LogP contribution in [-0.4, -0.2) is 61.8 Å². The molecule has 0 amide bonds. The maximum Gasteiger partial charge on any atom is 0.330 e. The van der Waals surface area contributed by atoms with Crippen LogP contribution in [0.25, 0.3) is 0 Å². The van der Waals surface area contributed by atoms with E-state index in [1.54, 1.807) is 20.1 Å². The van der Waals surface area contributed by atoms with Crippen molar-refractivity contribution < 1.29 is 33.6 Å². The highest BCUT2D eigenvalue weighted by Gasteiger charge is 2.41. The molecule has 0 spiro atoms. The van der Waals surface area contributed by atoms with Gasteiger partial charge in [-0.15, -0.1) is 0 Å². The summed E-state index contributed by atoms with van der Waals surface area (Å²) in [4.78, 5) is 11.7. The zero-order valence-corrected chi connectivity index (χ0v) is 20.8. The minimum Gasteiger partial charge on any atom is -0.463 e. The van der Waals surface area contributed by atoms with Gasteiger partial charge in [-0.3, -0.25) is 0 Å². The number of aliphatic hydroxyl groups is 1. The summed E-state index contributed by atoms with van der Waals surface area (Å²) in [5.74, 6) is -1.11. The van der Waals surface area contributed by atoms with Crippen LogP contribution in [0.5, 0.6) is 0 Å². The molecule has 1 rings (SSSR count). The summed E-state index contributed by atoms with van der Waals surface area (Å²) < 4.78 is 28.0. The number of hydrogen-bond donors (Lipinski definition) is 1. The van der Waals surface area contributed by atoms with E-state index in [9.17, 15) is 9.90 Å². The lowest BCUT2D eigenvalue weighted by molar-refractivity contribution is -0.149. The van der Waals surface area contributed by atoms with Gasteiger partial charge in [-0.1, -0.05) is 45.4 Å². The number of ether oxygens (including phenoxy) is 5. The average Bonchev–Trinajstić information content (AvgIpc) is 3.03. The van der Waals surface area contributed by atoms with E-state index in [4.69, 9.17) is 23.7 Å². The van der Waals surface area contributed by atoms with Gasteiger partial charge in [0.2, 0.25) is 0 Å². The molecule has 0 aliphatic carbocycles. The molecule has 32 heavy (non-hydrogen) atoms. The predicted octanol–water partition coefficient (Wildman–Crippen LogP) is 4.90. The van der Waals surface area contributed by atoms with Crippen LogP contribution in [0.3, 0.4) is 0 Å². The van der Waals surface area contributed by atoms with Crippen LogP contribution in [0, 0.1) is 0 Å². The standard InChI is InChI=1S/C25H46O7/c1-6-8-10-13-20(26)14-11-9-12-15-21(30-19-28-5)18-23-22(31-25(3,4)32-23)16-17-24(27)29-7-2/h16-17,20-23,26H,6-15,18-19H2,1-5H3/b17-16+/t20-,21-,22-,23+/m1/s1. The average molecular weight is 459 g/mol. The lowest BCUT2D eigenvalue weighted by atomic mass is 9.99. The van der Waals surface area contributed by atoms with Crippen LogP contribution in [-0.2, 0) is 28.5 Å². The summed E-state index contributed by atoms with van der Waals surface area (Å²) in [5, 5.41) is 10.1. The predicted molar refractivity (Wildman–Crippen MR) is 124 cm³/mol. The van der Waals surface area contributed by atoms with E-state index >= 15 is 0 Å². The third-order valence-corrected chi connectivity index (χ3v) is 5.55. The molecule has 7 heteroatoms. The first-order valence-electron chi connectivity index (χ1n) is 12.3. The highest BCUT2D eigenvalue weighted by Crippen LogP contribution is 2.32. The Hall–Kier alpha value is -0.990. The van der Waals surface area contributed by atoms with Crippen molar-refractivity contribution in [1.82, 2.24) is 0 Å². The van der Waals surface area contributed by atoms with Gasteiger partial charge in [0.25, 0.3) is 0 Å². The molecule has 0 aromatic rings. The number of unbranched alkanes of at least 4 members (excludes halogenated alkanes) is 4. The van der Waals surface area contributed by atoms with Gasteiger partial charge in [-0.2, -0.15) is 0 Å². The molecule has 4 atom stereocenters. The Kier molecular flexibility index (Phi) is 15.1. The van der Waals surface area contributed by atoms with Gasteiger partial charge in [0, 0.05) is 19.6 Å². The highest BCUT2D eigenvalue weighted by atomic mass is 16.8. The first-order chi connectivity index (χ1) is 15.3. The second-order valence-electron chi connectivity index (χ2n) is 8.97. The van der Waals surface area contributed by atoms with E-state index in [-0.39, 0.29) is 37.2 Å². The largest absolute Gasteiger partial charge is 0.463 e. The molecule has 1 heterocycles. The SMILES string of the molecule is CCCCC[C@@H](O)CCCCC[C@H](C[C@@H]1OC(C)(C)O[C@@H]1/C=C/C(=O)OCC)OCOC. The smallest absolute Gasteiger partial charge is 0.330 e. The number of methoxy groups -OCH3 is 1. The van der Waals surface area contributed by atoms with Crippen molar-refractivity contribution in [2.75, 3.05) is 20.5 Å². The summed E-state index contributed by atoms with van der Waals surface area (Å²) in [6.45, 7) is 8.25. The van der Waals surface area contributed by atoms with E-state index in [0.717, 1.165) is 44.9 Å². The van der Waals surface area contributed by atoms with Crippen LogP contribution in [0.1, 0.15) is 91.9 Å². The van der Waals surface area contributed by atoms with E-state index in [2.05, 4.69) is 6.92 Å². The number of esters is 1. The second-order valence-corrected chi connectivity index (χ2v) is 8.97. The summed E-state index contributed by atoms with van der Waals surface area (Å²) >= 11 is 0. The molecule has 0 aromatic carbocycles. The summed E-state index contributed by atoms with van der Waals surface area (Å²) in [6.07, 6.45) is 12.2. The van der Waals surface area contributed by atoms with Crippen LogP contribution in [0.2, 0.25) is 0 Å². The fourth-order valence-electron chi connectivity index (χ4n) is 3.97. The van der Waals surface area contributed by atoms with Crippen LogP contribution >= 0.6 is 0 Å². The van der Waals surface area contributed by atoms with Gasteiger partial charge in [0.05, 0.1) is 24.9 Å². The maximum atomic E-state index is 11.7. The molecule has 0 radical (unpaired) electrons. The van der Waals surface area contributed by atoms with Crippen molar-refractivity contribution in [3.8, 4) is 0 Å². The zero-order valence-electron chi connectivity index (χ0n) is 20.8. The lowest BCUT2D eigenvalue weighted by Gasteiger charge is -2.23. The second kappa shape index (κ2) is 16.6. The van der Waals surface area contributed by atoms with Crippen LogP contribution in [0.4, 0.5) is 0 Å². The molecule has 0 saturated carbocycles. The minimum atomic E-state index is -0.728. The fourth-order valence-corrected chi connectivity index (χ4v) is 3.97. The van der Waals surface area contributed by atoms with Crippen molar-refractivity contribution in [2.45, 2.75) is 122 Å². The number of aliphatic hydroxyl groups excluding tert-OH is 1. The number of rotatable bonds is 18. The third-order valence-electron chi connectivity index (χ3n) is 5.55. The van der Waals surface area contributed by atoms with Gasteiger partial charge < -0.3 is 28.8 Å².